The Morgan fingerprint density at radius 3 is 2.14 bits per heavy atom. The van der Waals surface area contributed by atoms with Crippen molar-refractivity contribution in [2.45, 2.75) is 128 Å². The number of nitrogens with one attached hydrogen (secondary N) is 4. The number of carboxylic acid groups (broad SMARTS) is 1. The number of aliphatic carboxylic acids is 1. The van der Waals surface area contributed by atoms with Crippen molar-refractivity contribution in [3.8, 4) is 0 Å². The lowest BCUT2D eigenvalue weighted by molar-refractivity contribution is -0.142. The van der Waals surface area contributed by atoms with Crippen molar-refractivity contribution in [3.05, 3.63) is 48.0 Å². The van der Waals surface area contributed by atoms with Crippen molar-refractivity contribution in [3.63, 3.8) is 0 Å². The summed E-state index contributed by atoms with van der Waals surface area (Å²) >= 11 is 0. The van der Waals surface area contributed by atoms with Crippen LogP contribution >= 0.6 is 0 Å². The van der Waals surface area contributed by atoms with Gasteiger partial charge < -0.3 is 47.5 Å². The van der Waals surface area contributed by atoms with Crippen LogP contribution in [0.5, 0.6) is 0 Å². The quantitative estimate of drug-likeness (QED) is 0.0884. The number of carboxylic acids is 1. The van der Waals surface area contributed by atoms with Crippen molar-refractivity contribution >= 4 is 47.5 Å². The molecule has 1 saturated heterocycles. The van der Waals surface area contributed by atoms with Crippen LogP contribution in [-0.2, 0) is 44.9 Å². The van der Waals surface area contributed by atoms with Crippen molar-refractivity contribution in [1.29, 1.82) is 0 Å². The van der Waals surface area contributed by atoms with Crippen LogP contribution in [0.15, 0.2) is 42.5 Å². The van der Waals surface area contributed by atoms with E-state index < -0.39 is 77.7 Å². The maximum absolute atomic E-state index is 14.1. The van der Waals surface area contributed by atoms with Gasteiger partial charge in [0.15, 0.2) is 0 Å². The highest BCUT2D eigenvalue weighted by Crippen LogP contribution is 2.27. The summed E-state index contributed by atoms with van der Waals surface area (Å²) in [6.45, 7) is 3.80. The van der Waals surface area contributed by atoms with Crippen LogP contribution in [0.2, 0.25) is 0 Å². The average molecular weight is 784 g/mol. The molecule has 1 aromatic carbocycles. The average Bonchev–Trinajstić information content (AvgIpc) is 3.66. The summed E-state index contributed by atoms with van der Waals surface area (Å²) in [6.07, 6.45) is 6.05. The molecule has 7 amide bonds. The molecule has 17 heteroatoms. The Balaban J connectivity index is 1.76. The molecule has 5 atom stereocenters. The Kier molecular flexibility index (Phi) is 18.3. The second-order valence-electron chi connectivity index (χ2n) is 14.8. The zero-order chi connectivity index (χ0) is 41.2. The van der Waals surface area contributed by atoms with E-state index >= 15 is 0 Å². The summed E-state index contributed by atoms with van der Waals surface area (Å²) in [4.78, 5) is 104. The SMILES string of the molecule is CC(C)C[C@H](NC(=O)[C@@H]1CCCN1C(=O)[C@H](CCC(N)=O)NC(=O)C(CC/C=C/C(=O)O)NC(=O)OCc1ccccc1)C(=O)N[C@H](C(N)=O)C1CCCCC1. The Bertz CT molecular complexity index is 1560. The number of rotatable bonds is 21. The number of carbonyl (C=O) groups excluding carboxylic acids is 7. The molecule has 56 heavy (non-hydrogen) atoms. The lowest BCUT2D eigenvalue weighted by Crippen LogP contribution is -2.59. The molecular formula is C39H57N7O10. The van der Waals surface area contributed by atoms with E-state index in [1.807, 2.05) is 13.8 Å². The predicted octanol–water partition coefficient (Wildman–Crippen LogP) is 1.53. The molecule has 9 N–H and O–H groups in total. The number of hydrogen-bond donors (Lipinski definition) is 7. The lowest BCUT2D eigenvalue weighted by Gasteiger charge is -2.32. The van der Waals surface area contributed by atoms with Gasteiger partial charge in [0.05, 0.1) is 0 Å². The maximum atomic E-state index is 14.1. The first-order valence-corrected chi connectivity index (χ1v) is 19.3. The first-order chi connectivity index (χ1) is 26.7. The summed E-state index contributed by atoms with van der Waals surface area (Å²) in [6, 6.07) is 3.24. The third-order valence-corrected chi connectivity index (χ3v) is 9.90. The van der Waals surface area contributed by atoms with Crippen LogP contribution in [0, 0.1) is 11.8 Å². The fourth-order valence-corrected chi connectivity index (χ4v) is 7.06. The molecule has 3 rings (SSSR count). The molecule has 0 spiro atoms. The van der Waals surface area contributed by atoms with Gasteiger partial charge in [0.1, 0.15) is 36.8 Å². The number of benzene rings is 1. The minimum Gasteiger partial charge on any atom is -0.478 e. The van der Waals surface area contributed by atoms with Gasteiger partial charge in [-0.15, -0.1) is 0 Å². The zero-order valence-electron chi connectivity index (χ0n) is 32.2. The van der Waals surface area contributed by atoms with Gasteiger partial charge in [-0.05, 0) is 68.8 Å². The Morgan fingerprint density at radius 2 is 1.52 bits per heavy atom. The van der Waals surface area contributed by atoms with Crippen molar-refractivity contribution in [1.82, 2.24) is 26.2 Å². The highest BCUT2D eigenvalue weighted by Gasteiger charge is 2.40. The molecule has 2 aliphatic rings. The summed E-state index contributed by atoms with van der Waals surface area (Å²) in [5, 5.41) is 19.6. The second kappa shape index (κ2) is 22.8. The van der Waals surface area contributed by atoms with E-state index in [0.717, 1.165) is 38.2 Å². The predicted molar refractivity (Wildman–Crippen MR) is 204 cm³/mol. The third kappa shape index (κ3) is 15.0. The molecule has 1 aromatic rings. The van der Waals surface area contributed by atoms with Gasteiger partial charge >= 0.3 is 12.1 Å². The first-order valence-electron chi connectivity index (χ1n) is 19.3. The number of nitrogens with two attached hydrogens (primary N) is 2. The number of alkyl carbamates (subject to hydrolysis) is 1. The summed E-state index contributed by atoms with van der Waals surface area (Å²) in [5.41, 5.74) is 11.8. The van der Waals surface area contributed by atoms with Crippen molar-refractivity contribution < 1.29 is 48.2 Å². The summed E-state index contributed by atoms with van der Waals surface area (Å²) in [7, 11) is 0. The van der Waals surface area contributed by atoms with E-state index in [1.165, 1.54) is 11.0 Å². The van der Waals surface area contributed by atoms with Gasteiger partial charge in [-0.1, -0.05) is 69.5 Å². The minimum atomic E-state index is -1.34. The normalized spacial score (nSPS) is 18.0. The number of likely N-dealkylation sites (tertiary alicyclic amines) is 1. The molecule has 1 aliphatic heterocycles. The smallest absolute Gasteiger partial charge is 0.408 e. The largest absolute Gasteiger partial charge is 0.478 e. The number of ether oxygens (including phenoxy) is 1. The summed E-state index contributed by atoms with van der Waals surface area (Å²) in [5.74, 6) is -5.36. The van der Waals surface area contributed by atoms with Crippen LogP contribution < -0.4 is 32.7 Å². The Labute approximate surface area is 327 Å². The zero-order valence-corrected chi connectivity index (χ0v) is 32.2. The van der Waals surface area contributed by atoms with E-state index in [0.29, 0.717) is 12.0 Å². The fraction of sp³-hybridized carbons (Fsp3) is 0.590. The van der Waals surface area contributed by atoms with E-state index in [-0.39, 0.29) is 63.5 Å². The Hall–Kier alpha value is -5.48. The van der Waals surface area contributed by atoms with Crippen molar-refractivity contribution in [2.24, 2.45) is 23.3 Å². The third-order valence-electron chi connectivity index (χ3n) is 9.90. The van der Waals surface area contributed by atoms with Crippen LogP contribution in [0.1, 0.15) is 96.5 Å². The monoisotopic (exact) mass is 783 g/mol. The number of allylic oxidation sites excluding steroid dienone is 1. The first kappa shape index (κ1) is 44.9. The van der Waals surface area contributed by atoms with Gasteiger partial charge in [0, 0.05) is 19.0 Å². The lowest BCUT2D eigenvalue weighted by atomic mass is 9.83. The molecule has 1 unspecified atom stereocenters. The standard InChI is InChI=1S/C39H57N7O10/c1-24(2)22-29(36(52)45-33(34(41)50)26-14-7-4-8-15-26)43-37(53)30-17-11-21-46(30)38(54)28(19-20-31(40)47)42-35(51)27(16-9-10-18-32(48)49)44-39(55)56-23-25-12-5-3-6-13-25/h3,5-6,10,12-13,18,24,26-30,33H,4,7-9,11,14-17,19-23H2,1-2H3,(H2,40,47)(H2,41,50)(H,42,51)(H,43,53)(H,44,55)(H,45,52)(H,48,49)/b18-10+/t27?,28-,29-,30-,33-/m0/s1. The van der Waals surface area contributed by atoms with Gasteiger partial charge in [0.25, 0.3) is 0 Å². The molecule has 0 bridgehead atoms. The van der Waals surface area contributed by atoms with Gasteiger partial charge in [-0.25, -0.2) is 9.59 Å². The molecule has 1 saturated carbocycles. The van der Waals surface area contributed by atoms with E-state index in [1.54, 1.807) is 30.3 Å². The molecule has 308 valence electrons. The van der Waals surface area contributed by atoms with Crippen LogP contribution in [0.25, 0.3) is 0 Å². The molecular weight excluding hydrogens is 726 g/mol. The summed E-state index contributed by atoms with van der Waals surface area (Å²) < 4.78 is 5.27. The van der Waals surface area contributed by atoms with Crippen LogP contribution in [0.4, 0.5) is 4.79 Å². The highest BCUT2D eigenvalue weighted by atomic mass is 16.5. The molecule has 0 radical (unpaired) electrons. The fourth-order valence-electron chi connectivity index (χ4n) is 7.06. The molecule has 17 nitrogen and oxygen atoms in total. The van der Waals surface area contributed by atoms with Crippen molar-refractivity contribution in [2.75, 3.05) is 6.54 Å². The van der Waals surface area contributed by atoms with E-state index in [4.69, 9.17) is 21.3 Å². The number of primary amides is 2. The molecule has 0 aromatic heterocycles. The maximum Gasteiger partial charge on any atom is 0.408 e. The number of amides is 7. The molecule has 2 fully saturated rings. The van der Waals surface area contributed by atoms with E-state index in [9.17, 15) is 38.4 Å². The number of nitrogens with zero attached hydrogens (tertiary/aromatic N) is 1. The molecule has 1 heterocycles. The topological polar surface area (TPSA) is 269 Å². The van der Waals surface area contributed by atoms with Crippen LogP contribution in [0.3, 0.4) is 0 Å². The van der Waals surface area contributed by atoms with Crippen LogP contribution in [-0.4, -0.2) is 94.3 Å². The number of carbonyl (C=O) groups is 8. The second-order valence-corrected chi connectivity index (χ2v) is 14.8. The highest BCUT2D eigenvalue weighted by molar-refractivity contribution is 5.96. The van der Waals surface area contributed by atoms with Gasteiger partial charge in [-0.3, -0.25) is 28.8 Å². The van der Waals surface area contributed by atoms with Gasteiger partial charge in [0.2, 0.25) is 35.4 Å². The van der Waals surface area contributed by atoms with E-state index in [2.05, 4.69) is 21.3 Å². The van der Waals surface area contributed by atoms with Gasteiger partial charge in [-0.2, -0.15) is 0 Å². The minimum absolute atomic E-state index is 0.0285. The molecule has 1 aliphatic carbocycles. The number of hydrogen-bond acceptors (Lipinski definition) is 9. The Morgan fingerprint density at radius 1 is 0.839 bits per heavy atom.